The molecule has 0 saturated carbocycles. The summed E-state index contributed by atoms with van der Waals surface area (Å²) in [6.45, 7) is 0.308. The number of halogens is 4. The van der Waals surface area contributed by atoms with Gasteiger partial charge in [0.05, 0.1) is 30.8 Å². The topological polar surface area (TPSA) is 93.5 Å². The van der Waals surface area contributed by atoms with Crippen LogP contribution in [-0.4, -0.2) is 41.1 Å². The minimum atomic E-state index is -2.61. The first kappa shape index (κ1) is 29.8. The van der Waals surface area contributed by atoms with Gasteiger partial charge in [0.1, 0.15) is 23.2 Å². The predicted molar refractivity (Wildman–Crippen MR) is 163 cm³/mol. The molecule has 1 saturated heterocycles. The van der Waals surface area contributed by atoms with Gasteiger partial charge in [-0.05, 0) is 54.7 Å². The van der Waals surface area contributed by atoms with Crippen LogP contribution >= 0.6 is 11.6 Å². The number of hydrogen-bond acceptors (Lipinski definition) is 6. The number of nitrogens with two attached hydrogens (primary N) is 1. The number of pyridine rings is 1. The number of benzene rings is 3. The molecule has 1 unspecified atom stereocenters. The van der Waals surface area contributed by atoms with Crippen molar-refractivity contribution in [3.8, 4) is 22.6 Å². The van der Waals surface area contributed by atoms with E-state index in [2.05, 4.69) is 0 Å². The molecule has 2 aromatic heterocycles. The van der Waals surface area contributed by atoms with Gasteiger partial charge in [0.2, 0.25) is 6.43 Å². The lowest BCUT2D eigenvalue weighted by atomic mass is 9.96. The highest BCUT2D eigenvalue weighted by molar-refractivity contribution is 6.35. The third-order valence-corrected chi connectivity index (χ3v) is 8.12. The standard InChI is InChI=1S/C32H30ClF3N4O4/c1-42-19-7-5-18(6-8-19)16-39-25-15-24(34)26(43-13-11-27(35)36)14-21(25)29(30(37)32(39)41)20-9-10-23(33)31-22(20)17-40(38-31)28-4-2-3-12-44-28/h5-10,14-15,17,27-28H,2-4,11-13,16,37H2,1H3. The van der Waals surface area contributed by atoms with Crippen LogP contribution in [0, 0.1) is 5.82 Å². The number of alkyl halides is 2. The van der Waals surface area contributed by atoms with Crippen LogP contribution in [0.15, 0.2) is 59.5 Å². The van der Waals surface area contributed by atoms with E-state index in [0.29, 0.717) is 44.8 Å². The minimum Gasteiger partial charge on any atom is -0.497 e. The SMILES string of the molecule is COc1ccc(Cn2c(=O)c(N)c(-c3ccc(Cl)c4nn(C5CCCCO5)cc34)c3cc(OCCC(F)F)c(F)cc32)cc1. The highest BCUT2D eigenvalue weighted by Crippen LogP contribution is 2.41. The van der Waals surface area contributed by atoms with Gasteiger partial charge in [0.25, 0.3) is 5.56 Å². The van der Waals surface area contributed by atoms with Gasteiger partial charge in [-0.25, -0.2) is 17.9 Å². The van der Waals surface area contributed by atoms with Crippen molar-refractivity contribution in [1.29, 1.82) is 0 Å². The molecule has 230 valence electrons. The van der Waals surface area contributed by atoms with E-state index in [4.69, 9.17) is 36.6 Å². The summed E-state index contributed by atoms with van der Waals surface area (Å²) in [7, 11) is 1.55. The zero-order valence-corrected chi connectivity index (χ0v) is 24.6. The van der Waals surface area contributed by atoms with Gasteiger partial charge in [-0.15, -0.1) is 0 Å². The van der Waals surface area contributed by atoms with E-state index < -0.39 is 30.8 Å². The second-order valence-corrected chi connectivity index (χ2v) is 11.1. The van der Waals surface area contributed by atoms with Crippen molar-refractivity contribution in [2.24, 2.45) is 0 Å². The number of rotatable bonds is 9. The second-order valence-electron chi connectivity index (χ2n) is 10.6. The van der Waals surface area contributed by atoms with E-state index in [-0.39, 0.29) is 29.7 Å². The van der Waals surface area contributed by atoms with Crippen LogP contribution in [0.5, 0.6) is 11.5 Å². The van der Waals surface area contributed by atoms with E-state index in [1.807, 2.05) is 6.20 Å². The fraction of sp³-hybridized carbons (Fsp3) is 0.312. The number of ether oxygens (including phenoxy) is 3. The van der Waals surface area contributed by atoms with Crippen LogP contribution in [0.4, 0.5) is 18.9 Å². The Hall–Kier alpha value is -4.22. The normalized spacial score (nSPS) is 15.4. The zero-order chi connectivity index (χ0) is 31.0. The molecule has 6 rings (SSSR count). The molecule has 2 N–H and O–H groups in total. The monoisotopic (exact) mass is 626 g/mol. The van der Waals surface area contributed by atoms with Crippen LogP contribution in [0.3, 0.4) is 0 Å². The molecule has 0 spiro atoms. The third kappa shape index (κ3) is 5.69. The Balaban J connectivity index is 1.57. The zero-order valence-electron chi connectivity index (χ0n) is 23.9. The van der Waals surface area contributed by atoms with Gasteiger partial charge in [0, 0.05) is 41.6 Å². The summed E-state index contributed by atoms with van der Waals surface area (Å²) in [5.74, 6) is -0.387. The highest BCUT2D eigenvalue weighted by Gasteiger charge is 2.24. The maximum absolute atomic E-state index is 15.4. The molecule has 12 heteroatoms. The van der Waals surface area contributed by atoms with Gasteiger partial charge in [0.15, 0.2) is 11.6 Å². The molecule has 0 aliphatic carbocycles. The van der Waals surface area contributed by atoms with Gasteiger partial charge < -0.3 is 24.5 Å². The molecule has 0 amide bonds. The summed E-state index contributed by atoms with van der Waals surface area (Å²) >= 11 is 6.57. The fourth-order valence-electron chi connectivity index (χ4n) is 5.59. The van der Waals surface area contributed by atoms with Crippen LogP contribution < -0.4 is 20.8 Å². The average molecular weight is 627 g/mol. The summed E-state index contributed by atoms with van der Waals surface area (Å²) in [6.07, 6.45) is 1.12. The molecule has 44 heavy (non-hydrogen) atoms. The van der Waals surface area contributed by atoms with E-state index in [1.54, 1.807) is 48.2 Å². The van der Waals surface area contributed by atoms with E-state index in [1.165, 1.54) is 16.7 Å². The maximum atomic E-state index is 15.4. The van der Waals surface area contributed by atoms with Crippen LogP contribution in [0.25, 0.3) is 32.9 Å². The molecular weight excluding hydrogens is 597 g/mol. The first-order valence-corrected chi connectivity index (χ1v) is 14.6. The van der Waals surface area contributed by atoms with Crippen molar-refractivity contribution >= 4 is 39.1 Å². The predicted octanol–water partition coefficient (Wildman–Crippen LogP) is 7.18. The third-order valence-electron chi connectivity index (χ3n) is 7.81. The molecule has 8 nitrogen and oxygen atoms in total. The molecule has 1 aliphatic heterocycles. The summed E-state index contributed by atoms with van der Waals surface area (Å²) in [6, 6.07) is 13.1. The lowest BCUT2D eigenvalue weighted by Gasteiger charge is -2.22. The minimum absolute atomic E-state index is 0.0820. The second kappa shape index (κ2) is 12.4. The Morgan fingerprint density at radius 1 is 1.14 bits per heavy atom. The van der Waals surface area contributed by atoms with E-state index in [9.17, 15) is 13.6 Å². The van der Waals surface area contributed by atoms with E-state index >= 15 is 4.39 Å². The molecule has 1 atom stereocenters. The molecule has 1 fully saturated rings. The largest absolute Gasteiger partial charge is 0.497 e. The number of nitrogen functional groups attached to an aromatic ring is 1. The van der Waals surface area contributed by atoms with Gasteiger partial charge >= 0.3 is 0 Å². The van der Waals surface area contributed by atoms with Gasteiger partial charge in [-0.1, -0.05) is 29.8 Å². The molecule has 5 aromatic rings. The van der Waals surface area contributed by atoms with Crippen molar-refractivity contribution in [2.75, 3.05) is 26.1 Å². The summed E-state index contributed by atoms with van der Waals surface area (Å²) in [4.78, 5) is 13.9. The number of methoxy groups -OCH3 is 1. The number of nitrogens with zero attached hydrogens (tertiary/aromatic N) is 3. The van der Waals surface area contributed by atoms with Crippen molar-refractivity contribution in [1.82, 2.24) is 14.3 Å². The lowest BCUT2D eigenvalue weighted by Crippen LogP contribution is -2.25. The molecule has 0 radical (unpaired) electrons. The Morgan fingerprint density at radius 3 is 2.64 bits per heavy atom. The van der Waals surface area contributed by atoms with Gasteiger partial charge in [-0.3, -0.25) is 4.79 Å². The number of aromatic nitrogens is 3. The Bertz CT molecular complexity index is 1890. The Morgan fingerprint density at radius 2 is 1.93 bits per heavy atom. The number of fused-ring (bicyclic) bond motifs is 2. The van der Waals surface area contributed by atoms with Crippen LogP contribution in [-0.2, 0) is 11.3 Å². The fourth-order valence-corrected chi connectivity index (χ4v) is 5.79. The molecule has 3 aromatic carbocycles. The smallest absolute Gasteiger partial charge is 0.275 e. The van der Waals surface area contributed by atoms with E-state index in [0.717, 1.165) is 24.8 Å². The summed E-state index contributed by atoms with van der Waals surface area (Å²) in [5, 5.41) is 6.12. The maximum Gasteiger partial charge on any atom is 0.275 e. The van der Waals surface area contributed by atoms with Crippen LogP contribution in [0.1, 0.15) is 37.5 Å². The quantitative estimate of drug-likeness (QED) is 0.186. The Labute approximate surface area is 255 Å². The first-order chi connectivity index (χ1) is 21.2. The summed E-state index contributed by atoms with van der Waals surface area (Å²) < 4.78 is 60.8. The number of hydrogen-bond donors (Lipinski definition) is 1. The first-order valence-electron chi connectivity index (χ1n) is 14.2. The molecule has 3 heterocycles. The van der Waals surface area contributed by atoms with Crippen LogP contribution in [0.2, 0.25) is 5.02 Å². The number of anilines is 1. The summed E-state index contributed by atoms with van der Waals surface area (Å²) in [5.41, 5.74) is 8.38. The Kier molecular flexibility index (Phi) is 8.42. The van der Waals surface area contributed by atoms with Crippen molar-refractivity contribution in [3.05, 3.63) is 81.5 Å². The lowest BCUT2D eigenvalue weighted by molar-refractivity contribution is -0.0390. The van der Waals surface area contributed by atoms with Crippen molar-refractivity contribution in [2.45, 2.75) is 44.9 Å². The van der Waals surface area contributed by atoms with Crippen molar-refractivity contribution < 1.29 is 27.4 Å². The average Bonchev–Trinajstić information content (AvgIpc) is 3.48. The van der Waals surface area contributed by atoms with Gasteiger partial charge in [-0.2, -0.15) is 5.10 Å². The molecule has 1 aliphatic rings. The molecular formula is C32H30ClF3N4O4. The van der Waals surface area contributed by atoms with Crippen molar-refractivity contribution in [3.63, 3.8) is 0 Å². The molecule has 0 bridgehead atoms. The highest BCUT2D eigenvalue weighted by atomic mass is 35.5.